The first-order valence-corrected chi connectivity index (χ1v) is 8.57. The highest BCUT2D eigenvalue weighted by atomic mass is 35.6. The highest BCUT2D eigenvalue weighted by Crippen LogP contribution is 2.48. The number of hydrogen-bond acceptors (Lipinski definition) is 4. The van der Waals surface area contributed by atoms with E-state index >= 15 is 0 Å². The number of halogens is 6. The number of pyridine rings is 1. The van der Waals surface area contributed by atoms with Crippen molar-refractivity contribution in [1.29, 1.82) is 0 Å². The summed E-state index contributed by atoms with van der Waals surface area (Å²) in [4.78, 5) is 7.38. The summed E-state index contributed by atoms with van der Waals surface area (Å²) in [5.74, 6) is -3.65. The minimum absolute atomic E-state index is 0.116. The SMILES string of the molecule is FC(F)(F)C(=NCc1cccnc1)NC1(C(Cl)(Cl)Cl)Oc2ccccc2O1. The maximum Gasteiger partial charge on any atom is 0.449 e. The molecule has 144 valence electrons. The molecule has 27 heavy (non-hydrogen) atoms. The molecule has 0 saturated carbocycles. The first-order valence-electron chi connectivity index (χ1n) is 7.43. The van der Waals surface area contributed by atoms with Crippen molar-refractivity contribution in [2.75, 3.05) is 0 Å². The third-order valence-corrected chi connectivity index (χ3v) is 4.17. The lowest BCUT2D eigenvalue weighted by atomic mass is 10.3. The Morgan fingerprint density at radius 2 is 1.70 bits per heavy atom. The summed E-state index contributed by atoms with van der Waals surface area (Å²) in [6, 6.07) is 9.28. The molecule has 1 aromatic carbocycles. The maximum absolute atomic E-state index is 13.5. The lowest BCUT2D eigenvalue weighted by molar-refractivity contribution is -0.108. The van der Waals surface area contributed by atoms with E-state index in [2.05, 4.69) is 9.98 Å². The van der Waals surface area contributed by atoms with Crippen molar-refractivity contribution in [2.24, 2.45) is 4.99 Å². The highest BCUT2D eigenvalue weighted by molar-refractivity contribution is 6.68. The average Bonchev–Trinajstić information content (AvgIpc) is 2.98. The quantitative estimate of drug-likeness (QED) is 0.430. The number of hydrogen-bond donors (Lipinski definition) is 1. The van der Waals surface area contributed by atoms with Gasteiger partial charge < -0.3 is 9.47 Å². The standard InChI is InChI=1S/C16H11Cl3F3N3O2/c17-15(18,19)16(26-11-5-1-2-6-12(11)27-16)25-13(14(20,21)22)24-9-10-4-3-7-23-8-10/h1-8H,9H2,(H,24,25). The lowest BCUT2D eigenvalue weighted by Gasteiger charge is -2.35. The van der Waals surface area contributed by atoms with Gasteiger partial charge in [-0.3, -0.25) is 15.3 Å². The van der Waals surface area contributed by atoms with E-state index in [-0.39, 0.29) is 18.0 Å². The number of aliphatic imine (C=N–C) groups is 1. The number of alkyl halides is 6. The molecule has 11 heteroatoms. The molecule has 0 atom stereocenters. The minimum atomic E-state index is -4.88. The number of fused-ring (bicyclic) bond motifs is 1. The number of ether oxygens (including phenoxy) is 2. The Morgan fingerprint density at radius 1 is 1.07 bits per heavy atom. The van der Waals surface area contributed by atoms with E-state index in [1.54, 1.807) is 24.3 Å². The van der Waals surface area contributed by atoms with Crippen molar-refractivity contribution in [3.05, 3.63) is 54.4 Å². The van der Waals surface area contributed by atoms with Gasteiger partial charge in [0.15, 0.2) is 11.5 Å². The number of amidine groups is 1. The zero-order valence-corrected chi connectivity index (χ0v) is 15.6. The topological polar surface area (TPSA) is 55.7 Å². The van der Waals surface area contributed by atoms with Gasteiger partial charge in [-0.1, -0.05) is 53.0 Å². The molecule has 3 rings (SSSR count). The van der Waals surface area contributed by atoms with Crippen LogP contribution in [0.5, 0.6) is 11.5 Å². The highest BCUT2D eigenvalue weighted by Gasteiger charge is 2.61. The Kier molecular flexibility index (Phi) is 5.33. The van der Waals surface area contributed by atoms with Crippen molar-refractivity contribution in [3.8, 4) is 11.5 Å². The second-order valence-electron chi connectivity index (χ2n) is 5.41. The zero-order valence-electron chi connectivity index (χ0n) is 13.3. The van der Waals surface area contributed by atoms with E-state index in [0.29, 0.717) is 5.56 Å². The van der Waals surface area contributed by atoms with E-state index in [9.17, 15) is 13.2 Å². The van der Waals surface area contributed by atoms with E-state index < -0.39 is 21.7 Å². The van der Waals surface area contributed by atoms with Crippen molar-refractivity contribution in [3.63, 3.8) is 0 Å². The molecular formula is C16H11Cl3F3N3O2. The predicted molar refractivity (Wildman–Crippen MR) is 95.3 cm³/mol. The number of rotatable bonds is 3. The molecule has 2 aromatic rings. The fourth-order valence-corrected chi connectivity index (χ4v) is 2.58. The Bertz CT molecular complexity index is 817. The number of nitrogens with zero attached hydrogens (tertiary/aromatic N) is 2. The summed E-state index contributed by atoms with van der Waals surface area (Å²) in [5.41, 5.74) is 0.459. The van der Waals surface area contributed by atoms with Crippen molar-refractivity contribution in [1.82, 2.24) is 10.3 Å². The molecule has 2 heterocycles. The molecule has 1 N–H and O–H groups in total. The van der Waals surface area contributed by atoms with Crippen LogP contribution in [0.15, 0.2) is 53.8 Å². The monoisotopic (exact) mass is 439 g/mol. The second-order valence-corrected chi connectivity index (χ2v) is 7.70. The van der Waals surface area contributed by atoms with E-state index in [0.717, 1.165) is 0 Å². The Labute approximate surface area is 167 Å². The van der Waals surface area contributed by atoms with Gasteiger partial charge in [0.1, 0.15) is 0 Å². The van der Waals surface area contributed by atoms with E-state index in [1.165, 1.54) is 24.5 Å². The lowest BCUT2D eigenvalue weighted by Crippen LogP contribution is -2.65. The molecule has 5 nitrogen and oxygen atoms in total. The maximum atomic E-state index is 13.5. The van der Waals surface area contributed by atoms with Gasteiger partial charge in [0, 0.05) is 12.4 Å². The van der Waals surface area contributed by atoms with Crippen LogP contribution in [0.4, 0.5) is 13.2 Å². The van der Waals surface area contributed by atoms with Gasteiger partial charge in [-0.25, -0.2) is 0 Å². The zero-order chi connectivity index (χ0) is 19.7. The first-order chi connectivity index (χ1) is 12.6. The predicted octanol–water partition coefficient (Wildman–Crippen LogP) is 4.63. The molecular weight excluding hydrogens is 430 g/mol. The van der Waals surface area contributed by atoms with Crippen molar-refractivity contribution < 1.29 is 22.6 Å². The van der Waals surface area contributed by atoms with Gasteiger partial charge in [-0.05, 0) is 23.8 Å². The fourth-order valence-electron chi connectivity index (χ4n) is 2.20. The van der Waals surface area contributed by atoms with Crippen LogP contribution in [-0.2, 0) is 6.54 Å². The summed E-state index contributed by atoms with van der Waals surface area (Å²) < 4.78 is 48.9. The van der Waals surface area contributed by atoms with Crippen LogP contribution >= 0.6 is 34.8 Å². The van der Waals surface area contributed by atoms with Crippen LogP contribution in [0.1, 0.15) is 5.56 Å². The molecule has 0 saturated heterocycles. The second kappa shape index (κ2) is 7.26. The van der Waals surface area contributed by atoms with Crippen LogP contribution in [0.25, 0.3) is 0 Å². The van der Waals surface area contributed by atoms with Crippen LogP contribution in [0, 0.1) is 0 Å². The third kappa shape index (κ3) is 4.34. The smallest absolute Gasteiger partial charge is 0.428 e. The number of benzene rings is 1. The molecule has 1 aliphatic rings. The Balaban J connectivity index is 1.93. The number of nitrogens with one attached hydrogen (secondary N) is 1. The molecule has 0 spiro atoms. The first kappa shape index (κ1) is 19.9. The minimum Gasteiger partial charge on any atom is -0.428 e. The fraction of sp³-hybridized carbons (Fsp3) is 0.250. The Morgan fingerprint density at radius 3 is 2.19 bits per heavy atom. The summed E-state index contributed by atoms with van der Waals surface area (Å²) in [6.07, 6.45) is -2.00. The van der Waals surface area contributed by atoms with Gasteiger partial charge in [0.2, 0.25) is 5.84 Å². The van der Waals surface area contributed by atoms with Crippen LogP contribution < -0.4 is 14.8 Å². The normalized spacial score (nSPS) is 16.3. The molecule has 1 aromatic heterocycles. The van der Waals surface area contributed by atoms with E-state index in [4.69, 9.17) is 44.3 Å². The van der Waals surface area contributed by atoms with Gasteiger partial charge in [-0.15, -0.1) is 0 Å². The summed E-state index contributed by atoms with van der Waals surface area (Å²) in [5, 5.41) is 1.99. The molecule has 0 unspecified atom stereocenters. The third-order valence-electron chi connectivity index (χ3n) is 3.42. The molecule has 0 radical (unpaired) electrons. The molecule has 0 amide bonds. The summed E-state index contributed by atoms with van der Waals surface area (Å²) >= 11 is 17.7. The summed E-state index contributed by atoms with van der Waals surface area (Å²) in [6.45, 7) is -0.307. The number of aromatic nitrogens is 1. The number of para-hydroxylation sites is 2. The average molecular weight is 441 g/mol. The van der Waals surface area contributed by atoms with Crippen molar-refractivity contribution in [2.45, 2.75) is 22.4 Å². The molecule has 1 aliphatic heterocycles. The van der Waals surface area contributed by atoms with Crippen molar-refractivity contribution >= 4 is 40.6 Å². The molecule has 0 aliphatic carbocycles. The molecule has 0 bridgehead atoms. The van der Waals surface area contributed by atoms with Crippen LogP contribution in [-0.4, -0.2) is 26.7 Å². The Hall–Kier alpha value is -1.90. The van der Waals surface area contributed by atoms with E-state index in [1.807, 2.05) is 5.32 Å². The van der Waals surface area contributed by atoms with Gasteiger partial charge in [0.05, 0.1) is 6.54 Å². The van der Waals surface area contributed by atoms with Gasteiger partial charge >= 0.3 is 12.1 Å². The largest absolute Gasteiger partial charge is 0.449 e. The van der Waals surface area contributed by atoms with Gasteiger partial charge in [0.25, 0.3) is 3.79 Å². The van der Waals surface area contributed by atoms with Gasteiger partial charge in [-0.2, -0.15) is 13.2 Å². The molecule has 0 fully saturated rings. The summed E-state index contributed by atoms with van der Waals surface area (Å²) in [7, 11) is 0. The van der Waals surface area contributed by atoms with Crippen LogP contribution in [0.2, 0.25) is 0 Å². The van der Waals surface area contributed by atoms with Crippen LogP contribution in [0.3, 0.4) is 0 Å².